The van der Waals surface area contributed by atoms with Gasteiger partial charge in [-0.3, -0.25) is 0 Å². The number of hydrogen-bond acceptors (Lipinski definition) is 4. The van der Waals surface area contributed by atoms with E-state index in [9.17, 15) is 4.79 Å². The number of aliphatic carboxylic acids is 1. The van der Waals surface area contributed by atoms with Crippen molar-refractivity contribution in [1.82, 2.24) is 4.98 Å². The Balaban J connectivity index is 1.52. The van der Waals surface area contributed by atoms with Crippen molar-refractivity contribution in [3.63, 3.8) is 0 Å². The second-order valence-electron chi connectivity index (χ2n) is 7.05. The predicted octanol–water partition coefficient (Wildman–Crippen LogP) is 5.57. The third kappa shape index (κ3) is 6.89. The number of carboxylic acid groups (broad SMARTS) is 1. The van der Waals surface area contributed by atoms with Gasteiger partial charge in [0.1, 0.15) is 5.01 Å². The van der Waals surface area contributed by atoms with E-state index < -0.39 is 11.6 Å². The molecule has 0 amide bonds. The van der Waals surface area contributed by atoms with Crippen LogP contribution in [0.3, 0.4) is 0 Å². The van der Waals surface area contributed by atoms with E-state index in [1.165, 1.54) is 36.9 Å². The van der Waals surface area contributed by atoms with Crippen molar-refractivity contribution in [3.8, 4) is 10.6 Å². The molecule has 0 saturated carbocycles. The number of nitrogens with zero attached hydrogens (tertiary/aromatic N) is 1. The average molecular weight is 376 g/mol. The van der Waals surface area contributed by atoms with Crippen molar-refractivity contribution < 1.29 is 14.6 Å². The molecule has 26 heavy (non-hydrogen) atoms. The number of ether oxygens (including phenoxy) is 1. The molecule has 0 bridgehead atoms. The van der Waals surface area contributed by atoms with Gasteiger partial charge in [-0.2, -0.15) is 0 Å². The van der Waals surface area contributed by atoms with Gasteiger partial charge in [-0.15, -0.1) is 11.3 Å². The number of aromatic nitrogens is 1. The number of hydrogen-bond donors (Lipinski definition) is 1. The fourth-order valence-corrected chi connectivity index (χ4v) is 3.50. The number of carboxylic acids is 1. The molecule has 0 unspecified atom stereocenters. The Morgan fingerprint density at radius 1 is 1.08 bits per heavy atom. The normalized spacial score (nSPS) is 11.6. The lowest BCUT2D eigenvalue weighted by Gasteiger charge is -2.19. The monoisotopic (exact) mass is 375 g/mol. The van der Waals surface area contributed by atoms with Crippen LogP contribution in [0.4, 0.5) is 0 Å². The minimum atomic E-state index is -1.08. The third-order valence-electron chi connectivity index (χ3n) is 4.38. The zero-order chi connectivity index (χ0) is 18.8. The summed E-state index contributed by atoms with van der Waals surface area (Å²) in [5.74, 6) is -0.907. The SMILES string of the molecule is CC(C)(OCCCCCCCCc1csc(-c2ccccc2)n1)C(=O)O. The van der Waals surface area contributed by atoms with Gasteiger partial charge in [-0.25, -0.2) is 9.78 Å². The maximum atomic E-state index is 10.9. The first-order valence-corrected chi connectivity index (χ1v) is 10.2. The first kappa shape index (κ1) is 20.6. The summed E-state index contributed by atoms with van der Waals surface area (Å²) in [6.45, 7) is 3.70. The smallest absolute Gasteiger partial charge is 0.335 e. The van der Waals surface area contributed by atoms with E-state index in [1.807, 2.05) is 18.2 Å². The van der Waals surface area contributed by atoms with Crippen molar-refractivity contribution in [2.24, 2.45) is 0 Å². The van der Waals surface area contributed by atoms with E-state index in [2.05, 4.69) is 17.5 Å². The van der Waals surface area contributed by atoms with Gasteiger partial charge < -0.3 is 9.84 Å². The van der Waals surface area contributed by atoms with Gasteiger partial charge in [0.05, 0.1) is 5.69 Å². The van der Waals surface area contributed by atoms with Crippen LogP contribution in [0.1, 0.15) is 58.1 Å². The molecule has 0 aliphatic heterocycles. The largest absolute Gasteiger partial charge is 0.479 e. The zero-order valence-corrected chi connectivity index (χ0v) is 16.6. The van der Waals surface area contributed by atoms with Crippen LogP contribution in [0.5, 0.6) is 0 Å². The summed E-state index contributed by atoms with van der Waals surface area (Å²) in [7, 11) is 0. The maximum absolute atomic E-state index is 10.9. The molecule has 4 nitrogen and oxygen atoms in total. The van der Waals surface area contributed by atoms with Crippen LogP contribution in [0, 0.1) is 0 Å². The summed E-state index contributed by atoms with van der Waals surface area (Å²) < 4.78 is 5.41. The number of carbonyl (C=O) groups is 1. The van der Waals surface area contributed by atoms with Crippen molar-refractivity contribution in [2.75, 3.05) is 6.61 Å². The van der Waals surface area contributed by atoms with Gasteiger partial charge >= 0.3 is 5.97 Å². The number of thiazole rings is 1. The molecule has 2 rings (SSSR count). The summed E-state index contributed by atoms with van der Waals surface area (Å²) in [6.07, 6.45) is 7.80. The summed E-state index contributed by atoms with van der Waals surface area (Å²) >= 11 is 1.72. The Kier molecular flexibility index (Phi) is 8.26. The summed E-state index contributed by atoms with van der Waals surface area (Å²) in [5, 5.41) is 12.2. The molecule has 0 atom stereocenters. The number of benzene rings is 1. The molecular formula is C21H29NO3S. The number of unbranched alkanes of at least 4 members (excludes halogenated alkanes) is 5. The molecule has 1 aromatic carbocycles. The predicted molar refractivity (Wildman–Crippen MR) is 107 cm³/mol. The van der Waals surface area contributed by atoms with Gasteiger partial charge in [0.25, 0.3) is 0 Å². The van der Waals surface area contributed by atoms with E-state index in [0.717, 1.165) is 24.3 Å². The highest BCUT2D eigenvalue weighted by atomic mass is 32.1. The van der Waals surface area contributed by atoms with E-state index in [1.54, 1.807) is 25.2 Å². The second kappa shape index (κ2) is 10.4. The van der Waals surface area contributed by atoms with Crippen molar-refractivity contribution in [2.45, 2.75) is 64.4 Å². The molecule has 142 valence electrons. The molecule has 5 heteroatoms. The zero-order valence-electron chi connectivity index (χ0n) is 15.7. The molecule has 0 aliphatic carbocycles. The van der Waals surface area contributed by atoms with Gasteiger partial charge in [-0.05, 0) is 33.1 Å². The highest BCUT2D eigenvalue weighted by Crippen LogP contribution is 2.24. The van der Waals surface area contributed by atoms with Crippen LogP contribution in [0.25, 0.3) is 10.6 Å². The molecule has 1 N–H and O–H groups in total. The fourth-order valence-electron chi connectivity index (χ4n) is 2.64. The Bertz CT molecular complexity index is 667. The molecular weight excluding hydrogens is 346 g/mol. The van der Waals surface area contributed by atoms with Gasteiger partial charge in [-0.1, -0.05) is 56.0 Å². The maximum Gasteiger partial charge on any atom is 0.335 e. The van der Waals surface area contributed by atoms with Crippen LogP contribution in [0.2, 0.25) is 0 Å². The summed E-state index contributed by atoms with van der Waals surface area (Å²) in [5.41, 5.74) is 1.31. The topological polar surface area (TPSA) is 59.4 Å². The van der Waals surface area contributed by atoms with E-state index >= 15 is 0 Å². The number of rotatable bonds is 12. The molecule has 0 radical (unpaired) electrons. The number of aryl methyl sites for hydroxylation is 1. The average Bonchev–Trinajstić information content (AvgIpc) is 3.10. The van der Waals surface area contributed by atoms with Gasteiger partial charge in [0, 0.05) is 17.6 Å². The molecule has 2 aromatic rings. The van der Waals surface area contributed by atoms with E-state index in [-0.39, 0.29) is 0 Å². The lowest BCUT2D eigenvalue weighted by molar-refractivity contribution is -0.161. The Morgan fingerprint density at radius 2 is 1.73 bits per heavy atom. The first-order chi connectivity index (χ1) is 12.5. The van der Waals surface area contributed by atoms with Crippen molar-refractivity contribution in [3.05, 3.63) is 41.4 Å². The molecule has 0 spiro atoms. The minimum absolute atomic E-state index is 0.514. The Hall–Kier alpha value is -1.72. The molecule has 0 saturated heterocycles. The minimum Gasteiger partial charge on any atom is -0.479 e. The van der Waals surface area contributed by atoms with Crippen molar-refractivity contribution in [1.29, 1.82) is 0 Å². The van der Waals surface area contributed by atoms with Crippen LogP contribution < -0.4 is 0 Å². The third-order valence-corrected chi connectivity index (χ3v) is 5.32. The highest BCUT2D eigenvalue weighted by molar-refractivity contribution is 7.13. The lowest BCUT2D eigenvalue weighted by atomic mass is 10.1. The molecule has 0 fully saturated rings. The van der Waals surface area contributed by atoms with Crippen LogP contribution in [-0.2, 0) is 16.0 Å². The molecule has 1 heterocycles. The van der Waals surface area contributed by atoms with Gasteiger partial charge in [0.15, 0.2) is 5.60 Å². The van der Waals surface area contributed by atoms with E-state index in [4.69, 9.17) is 14.8 Å². The van der Waals surface area contributed by atoms with Crippen molar-refractivity contribution >= 4 is 17.3 Å². The summed E-state index contributed by atoms with van der Waals surface area (Å²) in [6, 6.07) is 10.3. The van der Waals surface area contributed by atoms with Crippen LogP contribution >= 0.6 is 11.3 Å². The Morgan fingerprint density at radius 3 is 2.42 bits per heavy atom. The Labute approximate surface area is 160 Å². The van der Waals surface area contributed by atoms with E-state index in [0.29, 0.717) is 6.61 Å². The standard InChI is InChI=1S/C21H29NO3S/c1-21(2,20(23)24)25-15-11-6-4-3-5-10-14-18-16-26-19(22-18)17-12-8-7-9-13-17/h7-9,12-13,16H,3-6,10-11,14-15H2,1-2H3,(H,23,24). The van der Waals surface area contributed by atoms with Crippen LogP contribution in [-0.4, -0.2) is 28.3 Å². The quantitative estimate of drug-likeness (QED) is 0.492. The fraction of sp³-hybridized carbons (Fsp3) is 0.524. The summed E-state index contributed by atoms with van der Waals surface area (Å²) in [4.78, 5) is 15.7. The molecule has 1 aromatic heterocycles. The lowest BCUT2D eigenvalue weighted by Crippen LogP contribution is -2.35. The highest BCUT2D eigenvalue weighted by Gasteiger charge is 2.27. The first-order valence-electron chi connectivity index (χ1n) is 9.36. The van der Waals surface area contributed by atoms with Gasteiger partial charge in [0.2, 0.25) is 0 Å². The molecule has 0 aliphatic rings. The second-order valence-corrected chi connectivity index (χ2v) is 7.90. The van der Waals surface area contributed by atoms with Crippen LogP contribution in [0.15, 0.2) is 35.7 Å².